The number of carbonyl (C=O) groups excluding carboxylic acids is 1. The number of aromatic nitrogens is 1. The molecule has 2 aliphatic heterocycles. The Morgan fingerprint density at radius 1 is 1.10 bits per heavy atom. The van der Waals surface area contributed by atoms with E-state index in [1.165, 1.54) is 16.6 Å². The Morgan fingerprint density at radius 3 is 2.69 bits per heavy atom. The largest absolute Gasteiger partial charge is 0.360 e. The van der Waals surface area contributed by atoms with Crippen molar-refractivity contribution in [2.45, 2.75) is 39.2 Å². The van der Waals surface area contributed by atoms with Crippen LogP contribution in [0.1, 0.15) is 41.4 Å². The fourth-order valence-corrected chi connectivity index (χ4v) is 4.88. The minimum atomic E-state index is 0.139. The van der Waals surface area contributed by atoms with E-state index in [1.54, 1.807) is 0 Å². The number of piperidine rings is 1. The highest BCUT2D eigenvalue weighted by Gasteiger charge is 2.32. The molecule has 5 rings (SSSR count). The van der Waals surface area contributed by atoms with Crippen LogP contribution in [0.3, 0.4) is 0 Å². The zero-order chi connectivity index (χ0) is 20.0. The van der Waals surface area contributed by atoms with Crippen LogP contribution in [0, 0.1) is 13.6 Å². The average Bonchev–Trinajstić information content (AvgIpc) is 3.35. The highest BCUT2D eigenvalue weighted by Crippen LogP contribution is 2.36. The van der Waals surface area contributed by atoms with Gasteiger partial charge in [0, 0.05) is 30.0 Å². The van der Waals surface area contributed by atoms with Gasteiger partial charge in [-0.2, -0.15) is 0 Å². The molecule has 0 spiro atoms. The summed E-state index contributed by atoms with van der Waals surface area (Å²) in [5.74, 6) is 0.139. The summed E-state index contributed by atoms with van der Waals surface area (Å²) in [7, 11) is 0. The van der Waals surface area contributed by atoms with E-state index in [2.05, 4.69) is 72.1 Å². The van der Waals surface area contributed by atoms with Gasteiger partial charge in [0.25, 0.3) is 5.91 Å². The minimum absolute atomic E-state index is 0.139. The lowest BCUT2D eigenvalue weighted by Crippen LogP contribution is -2.46. The van der Waals surface area contributed by atoms with Crippen molar-refractivity contribution in [2.75, 3.05) is 23.3 Å². The van der Waals surface area contributed by atoms with E-state index in [0.717, 1.165) is 54.8 Å². The molecule has 1 saturated heterocycles. The molecule has 0 unspecified atom stereocenters. The Morgan fingerprint density at radius 2 is 1.90 bits per heavy atom. The van der Waals surface area contributed by atoms with Gasteiger partial charge >= 0.3 is 0 Å². The summed E-state index contributed by atoms with van der Waals surface area (Å²) in [6.45, 7) is 7.89. The maximum absolute atomic E-state index is 13.3. The highest BCUT2D eigenvalue weighted by atomic mass is 16.2. The molecule has 5 heteroatoms. The summed E-state index contributed by atoms with van der Waals surface area (Å²) in [5.41, 5.74) is 6.61. The lowest BCUT2D eigenvalue weighted by molar-refractivity contribution is 0.0707. The number of H-pyrrole nitrogens is 1. The van der Waals surface area contributed by atoms with Gasteiger partial charge in [0.2, 0.25) is 0 Å². The monoisotopic (exact) mass is 387 g/mol. The first-order valence-corrected chi connectivity index (χ1v) is 10.5. The first-order chi connectivity index (χ1) is 14.2. The van der Waals surface area contributed by atoms with Gasteiger partial charge in [0.1, 0.15) is 12.4 Å². The number of benzene rings is 2. The van der Waals surface area contributed by atoms with E-state index in [1.807, 2.05) is 11.0 Å². The molecule has 29 heavy (non-hydrogen) atoms. The van der Waals surface area contributed by atoms with Crippen LogP contribution in [0.2, 0.25) is 0 Å². The molecule has 3 heterocycles. The number of likely N-dealkylation sites (tertiary alicyclic amines) is 1. The fourth-order valence-electron chi connectivity index (χ4n) is 4.88. The Hall–Kier alpha value is -2.95. The van der Waals surface area contributed by atoms with Crippen molar-refractivity contribution in [3.05, 3.63) is 66.0 Å². The summed E-state index contributed by atoms with van der Waals surface area (Å²) in [6, 6.07) is 15.1. The fraction of sp³-hybridized carbons (Fsp3) is 0.333. The number of hydrogen-bond donors (Lipinski definition) is 2. The van der Waals surface area contributed by atoms with Crippen molar-refractivity contribution < 1.29 is 4.79 Å². The molecule has 2 aromatic carbocycles. The minimum Gasteiger partial charge on any atom is -0.360 e. The first-order valence-electron chi connectivity index (χ1n) is 10.5. The van der Waals surface area contributed by atoms with E-state index in [0.29, 0.717) is 6.04 Å². The summed E-state index contributed by atoms with van der Waals surface area (Å²) in [4.78, 5) is 21.1. The number of para-hydroxylation sites is 2. The van der Waals surface area contributed by atoms with Crippen molar-refractivity contribution in [3.8, 4) is 0 Å². The Bertz CT molecular complexity index is 1060. The van der Waals surface area contributed by atoms with Crippen LogP contribution in [-0.4, -0.2) is 34.9 Å². The topological polar surface area (TPSA) is 51.4 Å². The number of aryl methyl sites for hydroxylation is 2. The molecule has 1 amide bonds. The number of carbonyl (C=O) groups is 1. The van der Waals surface area contributed by atoms with Crippen LogP contribution in [0.25, 0.3) is 10.9 Å². The van der Waals surface area contributed by atoms with E-state index in [-0.39, 0.29) is 5.91 Å². The molecule has 2 N–H and O–H groups in total. The second-order valence-electron chi connectivity index (χ2n) is 8.05. The SMILES string of the molecule is CCc1c(C(=O)N2CCC(N3[CH]Nc4ccccc43)CC2)[nH]c2cccc(C)c12. The number of nitrogens with zero attached hydrogens (tertiary/aromatic N) is 2. The number of fused-ring (bicyclic) bond motifs is 2. The van der Waals surface area contributed by atoms with Gasteiger partial charge in [-0.25, -0.2) is 0 Å². The number of hydrogen-bond acceptors (Lipinski definition) is 3. The Labute approximate surface area is 171 Å². The lowest BCUT2D eigenvalue weighted by atomic mass is 10.0. The highest BCUT2D eigenvalue weighted by molar-refractivity contribution is 6.02. The van der Waals surface area contributed by atoms with Crippen LogP contribution in [0.5, 0.6) is 0 Å². The van der Waals surface area contributed by atoms with Gasteiger partial charge < -0.3 is 20.1 Å². The first kappa shape index (κ1) is 18.1. The second-order valence-corrected chi connectivity index (χ2v) is 8.05. The molecule has 1 radical (unpaired) electrons. The van der Waals surface area contributed by atoms with Gasteiger partial charge in [-0.05, 0) is 55.5 Å². The van der Waals surface area contributed by atoms with E-state index in [9.17, 15) is 4.79 Å². The number of amides is 1. The zero-order valence-electron chi connectivity index (χ0n) is 17.0. The molecule has 0 aliphatic carbocycles. The van der Waals surface area contributed by atoms with Crippen LogP contribution >= 0.6 is 0 Å². The van der Waals surface area contributed by atoms with Crippen molar-refractivity contribution in [2.24, 2.45) is 0 Å². The summed E-state index contributed by atoms with van der Waals surface area (Å²) < 4.78 is 0. The number of rotatable bonds is 3. The molecule has 3 aromatic rings. The predicted molar refractivity (Wildman–Crippen MR) is 118 cm³/mol. The van der Waals surface area contributed by atoms with E-state index < -0.39 is 0 Å². The summed E-state index contributed by atoms with van der Waals surface area (Å²) in [6.07, 6.45) is 2.80. The summed E-state index contributed by atoms with van der Waals surface area (Å²) in [5, 5.41) is 4.57. The maximum atomic E-state index is 13.3. The average molecular weight is 388 g/mol. The molecule has 0 atom stereocenters. The van der Waals surface area contributed by atoms with Crippen molar-refractivity contribution >= 4 is 28.2 Å². The standard InChI is InChI=1S/C24H27N4O/c1-3-18-22-16(2)7-6-9-20(22)26-23(18)24(29)27-13-11-17(12-14-27)28-15-25-19-8-4-5-10-21(19)28/h4-10,15,17,25-26H,3,11-14H2,1-2H3. The van der Waals surface area contributed by atoms with Crippen molar-refractivity contribution in [1.82, 2.24) is 9.88 Å². The molecule has 2 aliphatic rings. The molecule has 149 valence electrons. The molecule has 0 saturated carbocycles. The molecule has 5 nitrogen and oxygen atoms in total. The third-order valence-corrected chi connectivity index (χ3v) is 6.39. The van der Waals surface area contributed by atoms with E-state index >= 15 is 0 Å². The molecular formula is C24H27N4O. The van der Waals surface area contributed by atoms with Crippen LogP contribution in [0.15, 0.2) is 42.5 Å². The smallest absolute Gasteiger partial charge is 0.270 e. The molecule has 0 bridgehead atoms. The zero-order valence-corrected chi connectivity index (χ0v) is 17.0. The van der Waals surface area contributed by atoms with Gasteiger partial charge in [0.15, 0.2) is 0 Å². The quantitative estimate of drug-likeness (QED) is 0.685. The number of aromatic amines is 1. The number of anilines is 2. The molecular weight excluding hydrogens is 360 g/mol. The predicted octanol–water partition coefficient (Wildman–Crippen LogP) is 4.69. The van der Waals surface area contributed by atoms with Gasteiger partial charge in [-0.1, -0.05) is 31.2 Å². The third-order valence-electron chi connectivity index (χ3n) is 6.39. The lowest BCUT2D eigenvalue weighted by Gasteiger charge is -2.37. The van der Waals surface area contributed by atoms with Crippen LogP contribution < -0.4 is 10.2 Å². The van der Waals surface area contributed by atoms with Crippen LogP contribution in [-0.2, 0) is 6.42 Å². The normalized spacial score (nSPS) is 16.9. The molecule has 1 fully saturated rings. The van der Waals surface area contributed by atoms with Gasteiger partial charge in [-0.15, -0.1) is 0 Å². The van der Waals surface area contributed by atoms with Crippen molar-refractivity contribution in [3.63, 3.8) is 0 Å². The van der Waals surface area contributed by atoms with Gasteiger partial charge in [0.05, 0.1) is 11.4 Å². The third kappa shape index (κ3) is 2.96. The van der Waals surface area contributed by atoms with Crippen molar-refractivity contribution in [1.29, 1.82) is 0 Å². The van der Waals surface area contributed by atoms with Crippen LogP contribution in [0.4, 0.5) is 11.4 Å². The Balaban J connectivity index is 1.34. The number of nitrogens with one attached hydrogen (secondary N) is 2. The van der Waals surface area contributed by atoms with Gasteiger partial charge in [-0.3, -0.25) is 4.79 Å². The Kier molecular flexibility index (Phi) is 4.46. The van der Waals surface area contributed by atoms with E-state index in [4.69, 9.17) is 0 Å². The second kappa shape index (κ2) is 7.14. The summed E-state index contributed by atoms with van der Waals surface area (Å²) >= 11 is 0. The molecule has 1 aromatic heterocycles. The maximum Gasteiger partial charge on any atom is 0.270 e.